The standard InChI is InChI=1S/C2H3IOS/c3-1-2(4)5/h1H2,(H,4,5). The van der Waals surface area contributed by atoms with Crippen LogP contribution in [0.4, 0.5) is 0 Å². The van der Waals surface area contributed by atoms with Gasteiger partial charge in [-0.3, -0.25) is 4.79 Å². The summed E-state index contributed by atoms with van der Waals surface area (Å²) in [5.41, 5.74) is 0. The fourth-order valence-electron chi connectivity index (χ4n) is 0. The first-order chi connectivity index (χ1) is 2.27. The molecule has 0 amide bonds. The molecule has 3 heteroatoms. The Labute approximate surface area is 49.7 Å². The lowest BCUT2D eigenvalue weighted by atomic mass is 10.9. The molecule has 0 heterocycles. The Bertz CT molecular complexity index is 44.9. The van der Waals surface area contributed by atoms with Gasteiger partial charge in [0.1, 0.15) is 0 Å². The maximum atomic E-state index is 9.67. The van der Waals surface area contributed by atoms with Crippen molar-refractivity contribution in [3.63, 3.8) is 0 Å². The normalized spacial score (nSPS) is 7.60. The maximum Gasteiger partial charge on any atom is 0.195 e. The summed E-state index contributed by atoms with van der Waals surface area (Å²) >= 11 is 5.40. The van der Waals surface area contributed by atoms with Crippen LogP contribution in [0.5, 0.6) is 0 Å². The molecule has 5 heavy (non-hydrogen) atoms. The molecule has 0 aliphatic carbocycles. The molecule has 0 radical (unpaired) electrons. The third-order valence-corrected chi connectivity index (χ3v) is 1.57. The summed E-state index contributed by atoms with van der Waals surface area (Å²) in [6.07, 6.45) is 0. The van der Waals surface area contributed by atoms with Crippen molar-refractivity contribution in [2.24, 2.45) is 0 Å². The lowest BCUT2D eigenvalue weighted by Crippen LogP contribution is -1.80. The summed E-state index contributed by atoms with van der Waals surface area (Å²) in [7, 11) is 0. The van der Waals surface area contributed by atoms with Gasteiger partial charge in [-0.05, 0) is 0 Å². The molecular formula is C2H3IOS. The highest BCUT2D eigenvalue weighted by atomic mass is 127. The van der Waals surface area contributed by atoms with Crippen LogP contribution in [0.15, 0.2) is 0 Å². The molecule has 0 aliphatic heterocycles. The van der Waals surface area contributed by atoms with Crippen molar-refractivity contribution in [1.82, 2.24) is 0 Å². The largest absolute Gasteiger partial charge is 0.287 e. The fourth-order valence-corrected chi connectivity index (χ4v) is 0. The second-order valence-electron chi connectivity index (χ2n) is 0.527. The second-order valence-corrected chi connectivity index (χ2v) is 1.79. The third kappa shape index (κ3) is 4.75. The zero-order valence-corrected chi connectivity index (χ0v) is 5.49. The van der Waals surface area contributed by atoms with E-state index >= 15 is 0 Å². The predicted molar refractivity (Wildman–Crippen MR) is 32.9 cm³/mol. The SMILES string of the molecule is O=C(S)CI. The van der Waals surface area contributed by atoms with Crippen LogP contribution in [0.3, 0.4) is 0 Å². The average molecular weight is 202 g/mol. The third-order valence-electron chi connectivity index (χ3n) is 0.114. The van der Waals surface area contributed by atoms with Gasteiger partial charge in [0, 0.05) is 0 Å². The molecule has 0 fully saturated rings. The summed E-state index contributed by atoms with van der Waals surface area (Å²) in [5.74, 6) is 0. The van der Waals surface area contributed by atoms with Crippen LogP contribution in [0.1, 0.15) is 0 Å². The van der Waals surface area contributed by atoms with Crippen LogP contribution >= 0.6 is 35.2 Å². The molecule has 0 aromatic rings. The Balaban J connectivity index is 2.85. The Kier molecular flexibility index (Phi) is 3.40. The molecule has 1 nitrogen and oxygen atoms in total. The highest BCUT2D eigenvalue weighted by Gasteiger charge is 1.80. The van der Waals surface area contributed by atoms with Gasteiger partial charge in [0.15, 0.2) is 5.12 Å². The molecule has 0 unspecified atom stereocenters. The zero-order valence-electron chi connectivity index (χ0n) is 2.44. The molecule has 0 N–H and O–H groups in total. The van der Waals surface area contributed by atoms with Crippen LogP contribution in [-0.4, -0.2) is 9.54 Å². The maximum absolute atomic E-state index is 9.67. The number of rotatable bonds is 1. The number of halogens is 1. The van der Waals surface area contributed by atoms with Gasteiger partial charge in [-0.15, -0.1) is 12.6 Å². The van der Waals surface area contributed by atoms with Gasteiger partial charge in [0.2, 0.25) is 0 Å². The van der Waals surface area contributed by atoms with E-state index in [2.05, 4.69) is 12.6 Å². The summed E-state index contributed by atoms with van der Waals surface area (Å²) in [4.78, 5) is 9.67. The number of thiol groups is 1. The van der Waals surface area contributed by atoms with E-state index in [4.69, 9.17) is 0 Å². The van der Waals surface area contributed by atoms with Crippen molar-refractivity contribution in [3.05, 3.63) is 0 Å². The van der Waals surface area contributed by atoms with E-state index in [0.29, 0.717) is 4.43 Å². The molecule has 0 aromatic carbocycles. The number of carbonyl (C=O) groups is 1. The fraction of sp³-hybridized carbons (Fsp3) is 0.500. The summed E-state index contributed by atoms with van der Waals surface area (Å²) in [6, 6.07) is 0. The van der Waals surface area contributed by atoms with Crippen LogP contribution in [0.25, 0.3) is 0 Å². The topological polar surface area (TPSA) is 17.1 Å². The minimum Gasteiger partial charge on any atom is -0.287 e. The molecule has 0 atom stereocenters. The molecule has 30 valence electrons. The van der Waals surface area contributed by atoms with Gasteiger partial charge in [0.25, 0.3) is 0 Å². The minimum absolute atomic E-state index is 0.0643. The Morgan fingerprint density at radius 3 is 2.20 bits per heavy atom. The van der Waals surface area contributed by atoms with Gasteiger partial charge in [-0.2, -0.15) is 0 Å². The summed E-state index contributed by atoms with van der Waals surface area (Å²) in [5, 5.41) is -0.0643. The number of hydrogen-bond donors (Lipinski definition) is 1. The molecule has 0 saturated heterocycles. The van der Waals surface area contributed by atoms with E-state index in [9.17, 15) is 4.79 Å². The van der Waals surface area contributed by atoms with E-state index in [-0.39, 0.29) is 5.12 Å². The van der Waals surface area contributed by atoms with Crippen molar-refractivity contribution in [3.8, 4) is 0 Å². The lowest BCUT2D eigenvalue weighted by Gasteiger charge is -1.68. The van der Waals surface area contributed by atoms with Crippen molar-refractivity contribution < 1.29 is 4.79 Å². The first-order valence-electron chi connectivity index (χ1n) is 1.05. The lowest BCUT2D eigenvalue weighted by molar-refractivity contribution is -0.108. The van der Waals surface area contributed by atoms with E-state index in [1.807, 2.05) is 22.6 Å². The highest BCUT2D eigenvalue weighted by Crippen LogP contribution is 1.84. The zero-order chi connectivity index (χ0) is 4.28. The minimum atomic E-state index is -0.0643. The van der Waals surface area contributed by atoms with Gasteiger partial charge >= 0.3 is 0 Å². The monoisotopic (exact) mass is 202 g/mol. The number of hydrogen-bond acceptors (Lipinski definition) is 1. The van der Waals surface area contributed by atoms with Crippen molar-refractivity contribution in [2.75, 3.05) is 4.43 Å². The van der Waals surface area contributed by atoms with Crippen molar-refractivity contribution >= 4 is 40.3 Å². The number of alkyl halides is 1. The van der Waals surface area contributed by atoms with Gasteiger partial charge in [0.05, 0.1) is 4.43 Å². The second kappa shape index (κ2) is 2.96. The van der Waals surface area contributed by atoms with Gasteiger partial charge in [-0.1, -0.05) is 22.6 Å². The van der Waals surface area contributed by atoms with Crippen LogP contribution < -0.4 is 0 Å². The Morgan fingerprint density at radius 2 is 2.20 bits per heavy atom. The molecule has 0 aromatic heterocycles. The molecule has 0 aliphatic rings. The molecule has 0 saturated carbocycles. The van der Waals surface area contributed by atoms with E-state index in [0.717, 1.165) is 0 Å². The van der Waals surface area contributed by atoms with Crippen molar-refractivity contribution in [1.29, 1.82) is 0 Å². The Hall–Kier alpha value is 0.750. The average Bonchev–Trinajstić information content (AvgIpc) is 1.38. The Morgan fingerprint density at radius 1 is 2.00 bits per heavy atom. The van der Waals surface area contributed by atoms with Crippen LogP contribution in [0, 0.1) is 0 Å². The first-order valence-corrected chi connectivity index (χ1v) is 3.02. The first kappa shape index (κ1) is 5.75. The quantitative estimate of drug-likeness (QED) is 0.379. The molecule has 0 rings (SSSR count). The van der Waals surface area contributed by atoms with E-state index in [1.54, 1.807) is 0 Å². The smallest absolute Gasteiger partial charge is 0.195 e. The molecular weight excluding hydrogens is 199 g/mol. The van der Waals surface area contributed by atoms with Crippen LogP contribution in [-0.2, 0) is 4.79 Å². The van der Waals surface area contributed by atoms with Gasteiger partial charge in [-0.25, -0.2) is 0 Å². The predicted octanol–water partition coefficient (Wildman–Crippen LogP) is 0.878. The van der Waals surface area contributed by atoms with E-state index < -0.39 is 0 Å². The number of carbonyl (C=O) groups excluding carboxylic acids is 1. The molecule has 0 spiro atoms. The molecule has 0 bridgehead atoms. The van der Waals surface area contributed by atoms with E-state index in [1.165, 1.54) is 0 Å². The van der Waals surface area contributed by atoms with Gasteiger partial charge < -0.3 is 0 Å². The highest BCUT2D eigenvalue weighted by molar-refractivity contribution is 14.1. The summed E-state index contributed by atoms with van der Waals surface area (Å²) in [6.45, 7) is 0. The summed E-state index contributed by atoms with van der Waals surface area (Å²) < 4.78 is 0.501. The van der Waals surface area contributed by atoms with Crippen molar-refractivity contribution in [2.45, 2.75) is 0 Å². The van der Waals surface area contributed by atoms with Crippen LogP contribution in [0.2, 0.25) is 0 Å².